The summed E-state index contributed by atoms with van der Waals surface area (Å²) in [7, 11) is 3.46. The summed E-state index contributed by atoms with van der Waals surface area (Å²) in [6, 6.07) is 7.07. The highest BCUT2D eigenvalue weighted by atomic mass is 16.5. The molecule has 1 aromatic carbocycles. The van der Waals surface area contributed by atoms with E-state index in [4.69, 9.17) is 15.2 Å². The van der Waals surface area contributed by atoms with E-state index in [9.17, 15) is 0 Å². The molecule has 0 radical (unpaired) electrons. The highest BCUT2D eigenvalue weighted by Crippen LogP contribution is 2.24. The molecule has 2 unspecified atom stereocenters. The predicted molar refractivity (Wildman–Crippen MR) is 87.6 cm³/mol. The molecular formula is C17H30N2O2. The third-order valence-corrected chi connectivity index (χ3v) is 4.07. The van der Waals surface area contributed by atoms with Gasteiger partial charge in [-0.3, -0.25) is 4.90 Å². The lowest BCUT2D eigenvalue weighted by atomic mass is 9.99. The number of hydrogen-bond acceptors (Lipinski definition) is 4. The molecule has 2 N–H and O–H groups in total. The Morgan fingerprint density at radius 3 is 2.38 bits per heavy atom. The minimum absolute atomic E-state index is 0.185. The van der Waals surface area contributed by atoms with Gasteiger partial charge in [-0.1, -0.05) is 18.2 Å². The van der Waals surface area contributed by atoms with Gasteiger partial charge in [0.2, 0.25) is 0 Å². The number of aryl methyl sites for hydroxylation is 2. The molecule has 21 heavy (non-hydrogen) atoms. The van der Waals surface area contributed by atoms with E-state index in [0.29, 0.717) is 25.8 Å². The SMILES string of the molecule is COCCN(C(C)COC)C(CN)c1ccc(C)c(C)c1. The molecule has 4 nitrogen and oxygen atoms in total. The van der Waals surface area contributed by atoms with E-state index >= 15 is 0 Å². The number of nitrogens with two attached hydrogens (primary N) is 1. The maximum absolute atomic E-state index is 6.08. The van der Waals surface area contributed by atoms with E-state index in [1.54, 1.807) is 14.2 Å². The second kappa shape index (κ2) is 9.15. The fraction of sp³-hybridized carbons (Fsp3) is 0.647. The Morgan fingerprint density at radius 1 is 1.14 bits per heavy atom. The monoisotopic (exact) mass is 294 g/mol. The van der Waals surface area contributed by atoms with Gasteiger partial charge in [0.15, 0.2) is 0 Å². The van der Waals surface area contributed by atoms with Crippen LogP contribution < -0.4 is 5.73 Å². The average Bonchev–Trinajstić information content (AvgIpc) is 2.47. The lowest BCUT2D eigenvalue weighted by Gasteiger charge is -2.36. The van der Waals surface area contributed by atoms with E-state index in [0.717, 1.165) is 6.54 Å². The Labute approximate surface area is 129 Å². The van der Waals surface area contributed by atoms with E-state index in [2.05, 4.69) is 43.9 Å². The third kappa shape index (κ3) is 5.08. The molecule has 0 bridgehead atoms. The smallest absolute Gasteiger partial charge is 0.0615 e. The molecule has 0 spiro atoms. The standard InChI is InChI=1S/C17H30N2O2/c1-13-6-7-16(10-14(13)2)17(11-18)19(8-9-20-4)15(3)12-21-5/h6-7,10,15,17H,8-9,11-12,18H2,1-5H3. The van der Waals surface area contributed by atoms with Crippen LogP contribution in [-0.2, 0) is 9.47 Å². The van der Waals surface area contributed by atoms with Gasteiger partial charge < -0.3 is 15.2 Å². The second-order valence-corrected chi connectivity index (χ2v) is 5.63. The molecule has 4 heteroatoms. The summed E-state index contributed by atoms with van der Waals surface area (Å²) in [6.07, 6.45) is 0. The number of rotatable bonds is 9. The zero-order valence-corrected chi connectivity index (χ0v) is 14.1. The summed E-state index contributed by atoms with van der Waals surface area (Å²) in [5.74, 6) is 0. The third-order valence-electron chi connectivity index (χ3n) is 4.07. The first-order valence-electron chi connectivity index (χ1n) is 7.56. The molecule has 0 aromatic heterocycles. The van der Waals surface area contributed by atoms with Gasteiger partial charge in [0.25, 0.3) is 0 Å². The minimum Gasteiger partial charge on any atom is -0.383 e. The van der Waals surface area contributed by atoms with Crippen molar-refractivity contribution < 1.29 is 9.47 Å². The van der Waals surface area contributed by atoms with Crippen molar-refractivity contribution in [2.45, 2.75) is 32.9 Å². The maximum atomic E-state index is 6.08. The maximum Gasteiger partial charge on any atom is 0.0615 e. The molecule has 0 aliphatic heterocycles. The molecule has 0 amide bonds. The van der Waals surface area contributed by atoms with Crippen LogP contribution in [0.25, 0.3) is 0 Å². The largest absolute Gasteiger partial charge is 0.383 e. The molecule has 1 rings (SSSR count). The van der Waals surface area contributed by atoms with Crippen molar-refractivity contribution in [1.29, 1.82) is 0 Å². The van der Waals surface area contributed by atoms with Crippen molar-refractivity contribution in [3.05, 3.63) is 34.9 Å². The van der Waals surface area contributed by atoms with Crippen LogP contribution in [-0.4, -0.2) is 51.5 Å². The second-order valence-electron chi connectivity index (χ2n) is 5.63. The molecule has 120 valence electrons. The van der Waals surface area contributed by atoms with Gasteiger partial charge in [0.1, 0.15) is 0 Å². The number of ether oxygens (including phenoxy) is 2. The van der Waals surface area contributed by atoms with E-state index in [1.165, 1.54) is 16.7 Å². The number of methoxy groups -OCH3 is 2. The van der Waals surface area contributed by atoms with Crippen LogP contribution in [0.1, 0.15) is 29.7 Å². The zero-order valence-electron chi connectivity index (χ0n) is 14.1. The zero-order chi connectivity index (χ0) is 15.8. The van der Waals surface area contributed by atoms with Crippen molar-refractivity contribution in [3.8, 4) is 0 Å². The quantitative estimate of drug-likeness (QED) is 0.759. The van der Waals surface area contributed by atoms with Gasteiger partial charge in [-0.25, -0.2) is 0 Å². The number of hydrogen-bond donors (Lipinski definition) is 1. The summed E-state index contributed by atoms with van der Waals surface area (Å²) in [5, 5.41) is 0. The van der Waals surface area contributed by atoms with Gasteiger partial charge in [0, 0.05) is 39.4 Å². The molecular weight excluding hydrogens is 264 g/mol. The molecule has 2 atom stereocenters. The first kappa shape index (κ1) is 18.1. The molecule has 0 saturated heterocycles. The predicted octanol–water partition coefficient (Wildman–Crippen LogP) is 2.29. The summed E-state index contributed by atoms with van der Waals surface area (Å²) < 4.78 is 10.6. The van der Waals surface area contributed by atoms with Crippen LogP contribution in [0.2, 0.25) is 0 Å². The van der Waals surface area contributed by atoms with Crippen LogP contribution in [0.3, 0.4) is 0 Å². The Kier molecular flexibility index (Phi) is 7.89. The van der Waals surface area contributed by atoms with Crippen molar-refractivity contribution in [3.63, 3.8) is 0 Å². The van der Waals surface area contributed by atoms with Crippen molar-refractivity contribution in [2.75, 3.05) is 40.5 Å². The van der Waals surface area contributed by atoms with Gasteiger partial charge >= 0.3 is 0 Å². The lowest BCUT2D eigenvalue weighted by Crippen LogP contribution is -2.44. The van der Waals surface area contributed by atoms with Crippen LogP contribution >= 0.6 is 0 Å². The fourth-order valence-corrected chi connectivity index (χ4v) is 2.65. The molecule has 0 heterocycles. The van der Waals surface area contributed by atoms with E-state index in [1.807, 2.05) is 0 Å². The van der Waals surface area contributed by atoms with Crippen molar-refractivity contribution in [1.82, 2.24) is 4.90 Å². The Hall–Kier alpha value is -0.940. The van der Waals surface area contributed by atoms with Crippen LogP contribution in [0.4, 0.5) is 0 Å². The first-order valence-corrected chi connectivity index (χ1v) is 7.56. The summed E-state index contributed by atoms with van der Waals surface area (Å²) in [6.45, 7) is 9.25. The Bertz CT molecular complexity index is 423. The summed E-state index contributed by atoms with van der Waals surface area (Å²) >= 11 is 0. The van der Waals surface area contributed by atoms with Crippen molar-refractivity contribution >= 4 is 0 Å². The highest BCUT2D eigenvalue weighted by molar-refractivity contribution is 5.32. The van der Waals surface area contributed by atoms with Crippen LogP contribution in [0.15, 0.2) is 18.2 Å². The molecule has 0 aliphatic rings. The number of benzene rings is 1. The van der Waals surface area contributed by atoms with Crippen LogP contribution in [0, 0.1) is 13.8 Å². The minimum atomic E-state index is 0.185. The van der Waals surface area contributed by atoms with E-state index in [-0.39, 0.29) is 6.04 Å². The molecule has 0 saturated carbocycles. The Balaban J connectivity index is 3.00. The Morgan fingerprint density at radius 2 is 1.86 bits per heavy atom. The summed E-state index contributed by atoms with van der Waals surface area (Å²) in [4.78, 5) is 2.37. The highest BCUT2D eigenvalue weighted by Gasteiger charge is 2.24. The number of nitrogens with zero attached hydrogens (tertiary/aromatic N) is 1. The topological polar surface area (TPSA) is 47.7 Å². The van der Waals surface area contributed by atoms with Gasteiger partial charge in [0.05, 0.1) is 13.2 Å². The average molecular weight is 294 g/mol. The van der Waals surface area contributed by atoms with Gasteiger partial charge in [-0.05, 0) is 37.5 Å². The first-order chi connectivity index (χ1) is 10.0. The van der Waals surface area contributed by atoms with E-state index < -0.39 is 0 Å². The normalized spacial score (nSPS) is 14.4. The summed E-state index contributed by atoms with van der Waals surface area (Å²) in [5.41, 5.74) is 9.95. The molecule has 0 aliphatic carbocycles. The fourth-order valence-electron chi connectivity index (χ4n) is 2.65. The van der Waals surface area contributed by atoms with Gasteiger partial charge in [-0.15, -0.1) is 0 Å². The molecule has 0 fully saturated rings. The van der Waals surface area contributed by atoms with Crippen molar-refractivity contribution in [2.24, 2.45) is 5.73 Å². The van der Waals surface area contributed by atoms with Crippen LogP contribution in [0.5, 0.6) is 0 Å². The van der Waals surface area contributed by atoms with Gasteiger partial charge in [-0.2, -0.15) is 0 Å². The lowest BCUT2D eigenvalue weighted by molar-refractivity contribution is 0.0486. The molecule has 1 aromatic rings.